The van der Waals surface area contributed by atoms with Crippen LogP contribution in [-0.2, 0) is 33.4 Å². The molecule has 0 saturated carbocycles. The number of hydrogen-bond donors (Lipinski definition) is 1. The Kier molecular flexibility index (Phi) is 5.45. The number of hydrogen-bond acceptors (Lipinski definition) is 7. The molecule has 0 aromatic carbocycles. The molecule has 0 spiro atoms. The molecule has 1 aliphatic rings. The largest absolute Gasteiger partial charge is 0.478 e. The predicted octanol–water partition coefficient (Wildman–Crippen LogP) is 0.196. The first kappa shape index (κ1) is 16.7. The van der Waals surface area contributed by atoms with Crippen LogP contribution < -0.4 is 0 Å². The number of carboxylic acid groups (broad SMARTS) is 1. The van der Waals surface area contributed by atoms with Gasteiger partial charge in [0.2, 0.25) is 0 Å². The average molecular weight is 300 g/mol. The first-order valence-corrected chi connectivity index (χ1v) is 6.16. The minimum absolute atomic E-state index is 0.0871. The monoisotopic (exact) mass is 300 g/mol. The fourth-order valence-electron chi connectivity index (χ4n) is 2.01. The lowest BCUT2D eigenvalue weighted by Gasteiger charge is -2.34. The van der Waals surface area contributed by atoms with Crippen molar-refractivity contribution in [2.75, 3.05) is 0 Å². The van der Waals surface area contributed by atoms with E-state index in [1.165, 1.54) is 6.08 Å². The molecule has 1 rings (SSSR count). The van der Waals surface area contributed by atoms with Gasteiger partial charge in [0.15, 0.2) is 12.2 Å². The molecule has 0 aromatic heterocycles. The fourth-order valence-corrected chi connectivity index (χ4v) is 2.01. The summed E-state index contributed by atoms with van der Waals surface area (Å²) >= 11 is 0. The van der Waals surface area contributed by atoms with Gasteiger partial charge in [0.05, 0.1) is 0 Å². The number of esters is 3. The number of aliphatic carboxylic acids is 1. The molecule has 0 bridgehead atoms. The Balaban J connectivity index is 3.12. The maximum atomic E-state index is 11.1. The molecule has 0 aromatic rings. The van der Waals surface area contributed by atoms with Crippen molar-refractivity contribution < 1.29 is 38.5 Å². The third-order valence-electron chi connectivity index (χ3n) is 2.67. The van der Waals surface area contributed by atoms with Crippen molar-refractivity contribution in [1.29, 1.82) is 0 Å². The highest BCUT2D eigenvalue weighted by Crippen LogP contribution is 2.27. The van der Waals surface area contributed by atoms with Gasteiger partial charge in [-0.05, 0) is 6.08 Å². The predicted molar refractivity (Wildman–Crippen MR) is 67.0 cm³/mol. The van der Waals surface area contributed by atoms with Gasteiger partial charge in [-0.2, -0.15) is 0 Å². The van der Waals surface area contributed by atoms with Gasteiger partial charge in [-0.15, -0.1) is 0 Å². The minimum Gasteiger partial charge on any atom is -0.478 e. The van der Waals surface area contributed by atoms with E-state index in [0.717, 1.165) is 20.8 Å². The highest BCUT2D eigenvalue weighted by atomic mass is 16.6. The Hall–Kier alpha value is -2.38. The van der Waals surface area contributed by atoms with Crippen LogP contribution in [0.3, 0.4) is 0 Å². The molecule has 0 fully saturated rings. The second-order valence-corrected chi connectivity index (χ2v) is 4.50. The summed E-state index contributed by atoms with van der Waals surface area (Å²) in [6, 6.07) is 0. The van der Waals surface area contributed by atoms with Crippen LogP contribution in [-0.4, -0.2) is 47.3 Å². The molecule has 8 heteroatoms. The van der Waals surface area contributed by atoms with E-state index >= 15 is 0 Å². The van der Waals surface area contributed by atoms with E-state index in [0.29, 0.717) is 0 Å². The quantitative estimate of drug-likeness (QED) is 0.578. The topological polar surface area (TPSA) is 116 Å². The molecular formula is C13H16O8. The fraction of sp³-hybridized carbons (Fsp3) is 0.538. The first-order chi connectivity index (χ1) is 9.70. The van der Waals surface area contributed by atoms with Crippen molar-refractivity contribution in [3.05, 3.63) is 11.6 Å². The molecule has 1 N–H and O–H groups in total. The smallest absolute Gasteiger partial charge is 0.331 e. The van der Waals surface area contributed by atoms with Gasteiger partial charge in [0.25, 0.3) is 0 Å². The van der Waals surface area contributed by atoms with Crippen LogP contribution in [0.1, 0.15) is 27.2 Å². The third kappa shape index (κ3) is 4.90. The number of carbonyl (C=O) groups excluding carboxylic acids is 3. The van der Waals surface area contributed by atoms with E-state index in [4.69, 9.17) is 19.3 Å². The van der Waals surface area contributed by atoms with Crippen LogP contribution in [0.4, 0.5) is 0 Å². The molecule has 0 unspecified atom stereocenters. The molecule has 0 heterocycles. The second-order valence-electron chi connectivity index (χ2n) is 4.50. The second kappa shape index (κ2) is 6.87. The summed E-state index contributed by atoms with van der Waals surface area (Å²) in [6.07, 6.45) is -2.22. The zero-order valence-electron chi connectivity index (χ0n) is 11.8. The lowest BCUT2D eigenvalue weighted by atomic mass is 9.91. The van der Waals surface area contributed by atoms with Crippen molar-refractivity contribution in [3.8, 4) is 0 Å². The average Bonchev–Trinajstić information content (AvgIpc) is 2.30. The standard InChI is InChI=1S/C13H16O8/c1-6(14)19-10-4-9(13(17)18)5-11(20-7(2)15)12(10)21-8(3)16/h4,10-12H,5H2,1-3H3,(H,17,18)/t10-,11+,12-/m1/s1. The van der Waals surface area contributed by atoms with Gasteiger partial charge < -0.3 is 19.3 Å². The van der Waals surface area contributed by atoms with E-state index < -0.39 is 42.2 Å². The van der Waals surface area contributed by atoms with E-state index in [2.05, 4.69) is 0 Å². The van der Waals surface area contributed by atoms with Gasteiger partial charge in [0.1, 0.15) is 6.10 Å². The molecular weight excluding hydrogens is 284 g/mol. The summed E-state index contributed by atoms with van der Waals surface area (Å²) in [6.45, 7) is 3.42. The van der Waals surface area contributed by atoms with Crippen molar-refractivity contribution in [1.82, 2.24) is 0 Å². The summed E-state index contributed by atoms with van der Waals surface area (Å²) in [5.74, 6) is -3.24. The molecule has 1 aliphatic carbocycles. The van der Waals surface area contributed by atoms with Gasteiger partial charge in [-0.3, -0.25) is 14.4 Å². The van der Waals surface area contributed by atoms with E-state index in [1.54, 1.807) is 0 Å². The number of ether oxygens (including phenoxy) is 3. The summed E-state index contributed by atoms with van der Waals surface area (Å²) in [5, 5.41) is 9.05. The third-order valence-corrected chi connectivity index (χ3v) is 2.67. The Morgan fingerprint density at radius 3 is 1.95 bits per heavy atom. The van der Waals surface area contributed by atoms with Crippen LogP contribution >= 0.6 is 0 Å². The van der Waals surface area contributed by atoms with Gasteiger partial charge in [-0.1, -0.05) is 0 Å². The Morgan fingerprint density at radius 1 is 1.00 bits per heavy atom. The molecule has 0 saturated heterocycles. The lowest BCUT2D eigenvalue weighted by Crippen LogP contribution is -2.47. The van der Waals surface area contributed by atoms with Crippen LogP contribution in [0, 0.1) is 0 Å². The molecule has 0 amide bonds. The summed E-state index contributed by atoms with van der Waals surface area (Å²) in [4.78, 5) is 44.5. The highest BCUT2D eigenvalue weighted by molar-refractivity contribution is 5.87. The van der Waals surface area contributed by atoms with E-state index in [-0.39, 0.29) is 12.0 Å². The van der Waals surface area contributed by atoms with Crippen molar-refractivity contribution in [2.45, 2.75) is 45.5 Å². The van der Waals surface area contributed by atoms with Crippen LogP contribution in [0.25, 0.3) is 0 Å². The summed E-state index contributed by atoms with van der Waals surface area (Å²) in [7, 11) is 0. The molecule has 8 nitrogen and oxygen atoms in total. The maximum absolute atomic E-state index is 11.1. The minimum atomic E-state index is -1.23. The number of carbonyl (C=O) groups is 4. The van der Waals surface area contributed by atoms with E-state index in [1.807, 2.05) is 0 Å². The van der Waals surface area contributed by atoms with Crippen LogP contribution in [0.5, 0.6) is 0 Å². The Bertz CT molecular complexity index is 492. The molecule has 0 aliphatic heterocycles. The van der Waals surface area contributed by atoms with E-state index in [9.17, 15) is 19.2 Å². The molecule has 21 heavy (non-hydrogen) atoms. The first-order valence-electron chi connectivity index (χ1n) is 6.16. The SMILES string of the molecule is CC(=O)O[C@H]1[C@@H](OC(C)=O)CC(C(=O)O)=C[C@H]1OC(C)=O. The Labute approximate surface area is 120 Å². The molecule has 0 radical (unpaired) electrons. The molecule has 116 valence electrons. The normalized spacial score (nSPS) is 24.5. The lowest BCUT2D eigenvalue weighted by molar-refractivity contribution is -0.180. The zero-order valence-corrected chi connectivity index (χ0v) is 11.8. The zero-order chi connectivity index (χ0) is 16.2. The van der Waals surface area contributed by atoms with Gasteiger partial charge in [-0.25, -0.2) is 4.79 Å². The highest BCUT2D eigenvalue weighted by Gasteiger charge is 2.41. The van der Waals surface area contributed by atoms with Gasteiger partial charge >= 0.3 is 23.9 Å². The maximum Gasteiger partial charge on any atom is 0.331 e. The van der Waals surface area contributed by atoms with Crippen molar-refractivity contribution >= 4 is 23.9 Å². The summed E-state index contributed by atoms with van der Waals surface area (Å²) in [5.41, 5.74) is -0.0871. The van der Waals surface area contributed by atoms with Gasteiger partial charge in [0, 0.05) is 32.8 Å². The summed E-state index contributed by atoms with van der Waals surface area (Å²) < 4.78 is 15.0. The van der Waals surface area contributed by atoms with Crippen LogP contribution in [0.2, 0.25) is 0 Å². The molecule has 3 atom stereocenters. The van der Waals surface area contributed by atoms with Crippen molar-refractivity contribution in [3.63, 3.8) is 0 Å². The number of carboxylic acids is 1. The van der Waals surface area contributed by atoms with Crippen molar-refractivity contribution in [2.24, 2.45) is 0 Å². The Morgan fingerprint density at radius 2 is 1.52 bits per heavy atom. The van der Waals surface area contributed by atoms with Crippen LogP contribution in [0.15, 0.2) is 11.6 Å². The number of rotatable bonds is 4.